The normalized spacial score (nSPS) is 15.1. The Labute approximate surface area is 148 Å². The number of hydrogen-bond acceptors (Lipinski definition) is 5. The van der Waals surface area contributed by atoms with Gasteiger partial charge in [-0.2, -0.15) is 5.10 Å². The number of rotatable bonds is 4. The lowest BCUT2D eigenvalue weighted by Crippen LogP contribution is -2.41. The van der Waals surface area contributed by atoms with Crippen LogP contribution < -0.4 is 9.64 Å². The first-order valence-corrected chi connectivity index (χ1v) is 8.56. The van der Waals surface area contributed by atoms with Crippen molar-refractivity contribution in [3.05, 3.63) is 47.7 Å². The number of aromatic nitrogens is 2. The molecule has 1 aromatic heterocycles. The van der Waals surface area contributed by atoms with Gasteiger partial charge in [0.25, 0.3) is 5.91 Å². The summed E-state index contributed by atoms with van der Waals surface area (Å²) in [5.74, 6) is 0.633. The first kappa shape index (κ1) is 17.2. The van der Waals surface area contributed by atoms with Gasteiger partial charge in [-0.05, 0) is 37.3 Å². The highest BCUT2D eigenvalue weighted by atomic mass is 16.5. The summed E-state index contributed by atoms with van der Waals surface area (Å²) >= 11 is 0. The van der Waals surface area contributed by atoms with Crippen LogP contribution in [0.2, 0.25) is 0 Å². The van der Waals surface area contributed by atoms with Crippen molar-refractivity contribution < 1.29 is 9.53 Å². The highest BCUT2D eigenvalue weighted by Crippen LogP contribution is 2.20. The number of nitrogens with zero attached hydrogens (tertiary/aromatic N) is 4. The largest absolute Gasteiger partial charge is 0.473 e. The second-order valence-electron chi connectivity index (χ2n) is 6.56. The Morgan fingerprint density at radius 3 is 2.32 bits per heavy atom. The molecule has 25 heavy (non-hydrogen) atoms. The molecular weight excluding hydrogens is 316 g/mol. The van der Waals surface area contributed by atoms with Crippen molar-refractivity contribution in [3.8, 4) is 5.88 Å². The number of likely N-dealkylation sites (tertiary alicyclic amines) is 1. The molecule has 2 aromatic rings. The molecule has 1 amide bonds. The minimum absolute atomic E-state index is 0.0807. The van der Waals surface area contributed by atoms with E-state index >= 15 is 0 Å². The van der Waals surface area contributed by atoms with Crippen LogP contribution in [0.4, 0.5) is 5.69 Å². The smallest absolute Gasteiger partial charge is 0.253 e. The molecule has 0 bridgehead atoms. The molecular formula is C19H24N4O2. The number of carbonyl (C=O) groups is 1. The van der Waals surface area contributed by atoms with Crippen molar-refractivity contribution in [2.24, 2.45) is 0 Å². The number of anilines is 1. The van der Waals surface area contributed by atoms with E-state index in [2.05, 4.69) is 10.2 Å². The molecule has 0 N–H and O–H groups in total. The maximum absolute atomic E-state index is 12.6. The van der Waals surface area contributed by atoms with Gasteiger partial charge in [0.15, 0.2) is 0 Å². The Morgan fingerprint density at radius 1 is 1.08 bits per heavy atom. The van der Waals surface area contributed by atoms with Gasteiger partial charge in [0.2, 0.25) is 5.88 Å². The van der Waals surface area contributed by atoms with E-state index in [1.165, 1.54) is 0 Å². The van der Waals surface area contributed by atoms with E-state index < -0.39 is 0 Å². The van der Waals surface area contributed by atoms with Crippen molar-refractivity contribution in [3.63, 3.8) is 0 Å². The average Bonchev–Trinajstić information content (AvgIpc) is 2.64. The van der Waals surface area contributed by atoms with Crippen LogP contribution in [0.3, 0.4) is 0 Å². The molecule has 0 saturated carbocycles. The Hall–Kier alpha value is -2.63. The maximum atomic E-state index is 12.6. The van der Waals surface area contributed by atoms with E-state index in [1.807, 2.05) is 67.2 Å². The molecule has 0 spiro atoms. The third-order valence-corrected chi connectivity index (χ3v) is 4.42. The van der Waals surface area contributed by atoms with Crippen LogP contribution in [0, 0.1) is 6.92 Å². The van der Waals surface area contributed by atoms with Crippen LogP contribution in [0.25, 0.3) is 0 Å². The van der Waals surface area contributed by atoms with Gasteiger partial charge in [-0.3, -0.25) is 4.79 Å². The lowest BCUT2D eigenvalue weighted by Gasteiger charge is -2.32. The molecule has 1 aromatic carbocycles. The number of amides is 1. The lowest BCUT2D eigenvalue weighted by molar-refractivity contribution is 0.0586. The van der Waals surface area contributed by atoms with Gasteiger partial charge in [0.05, 0.1) is 5.69 Å². The zero-order valence-electron chi connectivity index (χ0n) is 15.0. The number of ether oxygens (including phenoxy) is 1. The lowest BCUT2D eigenvalue weighted by atomic mass is 10.1. The van der Waals surface area contributed by atoms with Gasteiger partial charge >= 0.3 is 0 Å². The fourth-order valence-electron chi connectivity index (χ4n) is 2.88. The summed E-state index contributed by atoms with van der Waals surface area (Å²) in [5.41, 5.74) is 2.69. The van der Waals surface area contributed by atoms with E-state index in [9.17, 15) is 4.79 Å². The number of benzene rings is 1. The average molecular weight is 340 g/mol. The highest BCUT2D eigenvalue weighted by molar-refractivity contribution is 5.94. The molecule has 1 aliphatic heterocycles. The van der Waals surface area contributed by atoms with E-state index in [0.717, 1.165) is 29.8 Å². The molecule has 6 nitrogen and oxygen atoms in total. The Bertz CT molecular complexity index is 705. The molecule has 132 valence electrons. The highest BCUT2D eigenvalue weighted by Gasteiger charge is 2.25. The van der Waals surface area contributed by atoms with E-state index in [1.54, 1.807) is 0 Å². The SMILES string of the molecule is Cc1ccc(OC2CCN(C(=O)c3ccc(N(C)C)cc3)CC2)nn1. The Morgan fingerprint density at radius 2 is 1.76 bits per heavy atom. The van der Waals surface area contributed by atoms with Crippen molar-refractivity contribution in [1.82, 2.24) is 15.1 Å². The summed E-state index contributed by atoms with van der Waals surface area (Å²) in [6.07, 6.45) is 1.69. The number of carbonyl (C=O) groups excluding carboxylic acids is 1. The monoisotopic (exact) mass is 340 g/mol. The summed E-state index contributed by atoms with van der Waals surface area (Å²) in [4.78, 5) is 16.5. The summed E-state index contributed by atoms with van der Waals surface area (Å²) < 4.78 is 5.87. The molecule has 1 fully saturated rings. The van der Waals surface area contributed by atoms with Gasteiger partial charge in [-0.1, -0.05) is 0 Å². The van der Waals surface area contributed by atoms with Crippen LogP contribution >= 0.6 is 0 Å². The molecule has 0 unspecified atom stereocenters. The van der Waals surface area contributed by atoms with Gasteiger partial charge < -0.3 is 14.5 Å². The minimum atomic E-state index is 0.0807. The van der Waals surface area contributed by atoms with Gasteiger partial charge in [-0.15, -0.1) is 5.10 Å². The zero-order valence-corrected chi connectivity index (χ0v) is 15.0. The maximum Gasteiger partial charge on any atom is 0.253 e. The summed E-state index contributed by atoms with van der Waals surface area (Å²) in [7, 11) is 3.97. The number of aryl methyl sites for hydroxylation is 1. The van der Waals surface area contributed by atoms with Crippen LogP contribution in [-0.4, -0.2) is 54.3 Å². The first-order valence-electron chi connectivity index (χ1n) is 8.56. The second-order valence-corrected chi connectivity index (χ2v) is 6.56. The van der Waals surface area contributed by atoms with Crippen molar-refractivity contribution in [2.45, 2.75) is 25.9 Å². The molecule has 0 radical (unpaired) electrons. The number of piperidine rings is 1. The van der Waals surface area contributed by atoms with Crippen molar-refractivity contribution in [1.29, 1.82) is 0 Å². The summed E-state index contributed by atoms with van der Waals surface area (Å²) in [6.45, 7) is 3.28. The molecule has 0 aliphatic carbocycles. The predicted octanol–water partition coefficient (Wildman–Crippen LogP) is 2.53. The van der Waals surface area contributed by atoms with Crippen LogP contribution in [0.15, 0.2) is 36.4 Å². The van der Waals surface area contributed by atoms with Gasteiger partial charge in [-0.25, -0.2) is 0 Å². The van der Waals surface area contributed by atoms with Gasteiger partial charge in [0, 0.05) is 57.3 Å². The van der Waals surface area contributed by atoms with Crippen molar-refractivity contribution >= 4 is 11.6 Å². The molecule has 1 saturated heterocycles. The second kappa shape index (κ2) is 7.51. The van der Waals surface area contributed by atoms with Gasteiger partial charge in [0.1, 0.15) is 6.10 Å². The van der Waals surface area contributed by atoms with E-state index in [0.29, 0.717) is 19.0 Å². The van der Waals surface area contributed by atoms with E-state index in [4.69, 9.17) is 4.74 Å². The van der Waals surface area contributed by atoms with Crippen LogP contribution in [0.1, 0.15) is 28.9 Å². The first-order chi connectivity index (χ1) is 12.0. The minimum Gasteiger partial charge on any atom is -0.473 e. The molecule has 3 rings (SSSR count). The van der Waals surface area contributed by atoms with Crippen LogP contribution in [-0.2, 0) is 0 Å². The van der Waals surface area contributed by atoms with Crippen LogP contribution in [0.5, 0.6) is 5.88 Å². The Kier molecular flexibility index (Phi) is 5.16. The topological polar surface area (TPSA) is 58.6 Å². The van der Waals surface area contributed by atoms with E-state index in [-0.39, 0.29) is 12.0 Å². The summed E-state index contributed by atoms with van der Waals surface area (Å²) in [6, 6.07) is 11.5. The standard InChI is InChI=1S/C19H24N4O2/c1-14-4-9-18(21-20-14)25-17-10-12-23(13-11-17)19(24)15-5-7-16(8-6-15)22(2)3/h4-9,17H,10-13H2,1-3H3. The third kappa shape index (κ3) is 4.26. The quantitative estimate of drug-likeness (QED) is 0.856. The zero-order chi connectivity index (χ0) is 17.8. The number of hydrogen-bond donors (Lipinski definition) is 0. The third-order valence-electron chi connectivity index (χ3n) is 4.42. The fraction of sp³-hybridized carbons (Fsp3) is 0.421. The molecule has 2 heterocycles. The molecule has 0 atom stereocenters. The van der Waals surface area contributed by atoms with Crippen molar-refractivity contribution in [2.75, 3.05) is 32.1 Å². The summed E-state index contributed by atoms with van der Waals surface area (Å²) in [5, 5.41) is 8.04. The Balaban J connectivity index is 1.54. The predicted molar refractivity (Wildman–Crippen MR) is 97.1 cm³/mol. The fourth-order valence-corrected chi connectivity index (χ4v) is 2.88. The molecule has 1 aliphatic rings. The molecule has 6 heteroatoms.